The van der Waals surface area contributed by atoms with Crippen LogP contribution in [-0.2, 0) is 9.53 Å². The number of H-pyrrole nitrogens is 1. The molecule has 1 aromatic heterocycles. The van der Waals surface area contributed by atoms with Gasteiger partial charge in [0.1, 0.15) is 18.3 Å². The number of aromatic nitrogens is 1. The number of rotatable bonds is 2. The lowest BCUT2D eigenvalue weighted by molar-refractivity contribution is -0.152. The summed E-state index contributed by atoms with van der Waals surface area (Å²) in [6, 6.07) is 6.74. The number of amides is 2. The summed E-state index contributed by atoms with van der Waals surface area (Å²) in [7, 11) is 0. The smallest absolute Gasteiger partial charge is 0.302 e. The molecule has 0 radical (unpaired) electrons. The number of aliphatic hydroxyl groups excluding tert-OH is 2. The van der Waals surface area contributed by atoms with Gasteiger partial charge in [0.15, 0.2) is 0 Å². The zero-order chi connectivity index (χ0) is 24.9. The van der Waals surface area contributed by atoms with Crippen molar-refractivity contribution in [1.82, 2.24) is 10.3 Å². The molecule has 0 spiro atoms. The van der Waals surface area contributed by atoms with Crippen LogP contribution in [0.3, 0.4) is 0 Å². The standard InChI is InChI=1S/C27H23N3O6/c1-11(31)36-17-10-16(24(32)25(17)33)30-15-9-5-3-7-13(15)19-21-20(26(34)29-27(21)35)18-12-6-2-4-8-14(12)28-22(18)23(19)30/h2-9,13,15-17,24-25,28,32-33H,10H2,1H3,(H,29,34,35)/t13?,15?,16?,17-,24?,25+/m0/s1. The first kappa shape index (κ1) is 21.3. The van der Waals surface area contributed by atoms with Crippen LogP contribution in [0.2, 0.25) is 0 Å². The lowest BCUT2D eigenvalue weighted by Gasteiger charge is -2.36. The molecule has 3 heterocycles. The average molecular weight is 485 g/mol. The van der Waals surface area contributed by atoms with Gasteiger partial charge in [-0.05, 0) is 6.07 Å². The van der Waals surface area contributed by atoms with Crippen molar-refractivity contribution in [3.63, 3.8) is 0 Å². The van der Waals surface area contributed by atoms with E-state index < -0.39 is 42.1 Å². The Morgan fingerprint density at radius 2 is 1.81 bits per heavy atom. The quantitative estimate of drug-likeness (QED) is 0.323. The van der Waals surface area contributed by atoms with Crippen LogP contribution >= 0.6 is 0 Å². The van der Waals surface area contributed by atoms with Crippen LogP contribution in [-0.4, -0.2) is 63.4 Å². The first-order chi connectivity index (χ1) is 17.4. The second-order valence-electron chi connectivity index (χ2n) is 9.84. The molecule has 6 atom stereocenters. The zero-order valence-corrected chi connectivity index (χ0v) is 19.3. The predicted molar refractivity (Wildman–Crippen MR) is 131 cm³/mol. The van der Waals surface area contributed by atoms with E-state index in [2.05, 4.69) is 10.3 Å². The third-order valence-corrected chi connectivity index (χ3v) is 7.94. The van der Waals surface area contributed by atoms with Crippen molar-refractivity contribution < 1.29 is 29.3 Å². The molecule has 3 aromatic rings. The topological polar surface area (TPSA) is 132 Å². The van der Waals surface area contributed by atoms with Gasteiger partial charge in [0.2, 0.25) is 0 Å². The summed E-state index contributed by atoms with van der Waals surface area (Å²) in [5.74, 6) is -1.64. The molecule has 4 N–H and O–H groups in total. The number of benzene rings is 2. The summed E-state index contributed by atoms with van der Waals surface area (Å²) in [4.78, 5) is 43.4. The normalized spacial score (nSPS) is 30.1. The largest absolute Gasteiger partial charge is 0.460 e. The van der Waals surface area contributed by atoms with E-state index in [0.29, 0.717) is 22.0 Å². The molecule has 0 saturated heterocycles. The molecular formula is C27H23N3O6. The molecule has 2 aromatic carbocycles. The lowest BCUT2D eigenvalue weighted by Crippen LogP contribution is -2.47. The Morgan fingerprint density at radius 1 is 1.06 bits per heavy atom. The monoisotopic (exact) mass is 485 g/mol. The Bertz CT molecular complexity index is 1570. The minimum Gasteiger partial charge on any atom is -0.460 e. The van der Waals surface area contributed by atoms with E-state index in [9.17, 15) is 24.6 Å². The highest BCUT2D eigenvalue weighted by Crippen LogP contribution is 2.54. The number of carbonyl (C=O) groups excluding carboxylic acids is 3. The molecule has 9 heteroatoms. The minimum atomic E-state index is -1.25. The number of esters is 1. The number of hydrogen-bond donors (Lipinski definition) is 4. The Hall–Kier alpha value is -3.95. The maximum atomic E-state index is 13.2. The van der Waals surface area contributed by atoms with Gasteiger partial charge in [-0.15, -0.1) is 0 Å². The molecule has 7 rings (SSSR count). The summed E-state index contributed by atoms with van der Waals surface area (Å²) in [5.41, 5.74) is 3.67. The van der Waals surface area contributed by atoms with Crippen LogP contribution in [0.4, 0.5) is 5.69 Å². The molecule has 2 aliphatic carbocycles. The third kappa shape index (κ3) is 2.64. The average Bonchev–Trinajstić information content (AvgIpc) is 3.55. The summed E-state index contributed by atoms with van der Waals surface area (Å²) in [6.07, 6.45) is 4.73. The number of aromatic amines is 1. The molecule has 36 heavy (non-hydrogen) atoms. The van der Waals surface area contributed by atoms with Crippen molar-refractivity contribution in [1.29, 1.82) is 0 Å². The first-order valence-corrected chi connectivity index (χ1v) is 12.0. The molecule has 2 aliphatic heterocycles. The molecule has 4 aliphatic rings. The fraction of sp³-hybridized carbons (Fsp3) is 0.296. The molecule has 1 fully saturated rings. The van der Waals surface area contributed by atoms with Crippen LogP contribution in [0.15, 0.2) is 48.6 Å². The molecule has 4 unspecified atom stereocenters. The van der Waals surface area contributed by atoms with Gasteiger partial charge in [-0.1, -0.05) is 42.5 Å². The van der Waals surface area contributed by atoms with Gasteiger partial charge in [-0.3, -0.25) is 19.7 Å². The van der Waals surface area contributed by atoms with Gasteiger partial charge >= 0.3 is 5.97 Å². The fourth-order valence-corrected chi connectivity index (χ4v) is 6.61. The fourth-order valence-electron chi connectivity index (χ4n) is 6.61. The third-order valence-electron chi connectivity index (χ3n) is 7.94. The second kappa shape index (κ2) is 7.28. The van der Waals surface area contributed by atoms with E-state index in [0.717, 1.165) is 22.2 Å². The maximum Gasteiger partial charge on any atom is 0.302 e. The van der Waals surface area contributed by atoms with Crippen LogP contribution in [0, 0.1) is 0 Å². The van der Waals surface area contributed by atoms with Crippen molar-refractivity contribution in [2.75, 3.05) is 4.90 Å². The molecular weight excluding hydrogens is 462 g/mol. The SMILES string of the molecule is CC(=O)O[C@H]1CC(N2c3c(c4c(c5c3[nH]c3ccccc35)C(=O)NC4=O)C3C=CC=CC32)C(O)[C@@H]1O. The van der Waals surface area contributed by atoms with Crippen molar-refractivity contribution in [3.8, 4) is 0 Å². The van der Waals surface area contributed by atoms with E-state index in [1.165, 1.54) is 6.92 Å². The molecule has 9 nitrogen and oxygen atoms in total. The highest BCUT2D eigenvalue weighted by Gasteiger charge is 2.53. The number of nitrogens with zero attached hydrogens (tertiary/aromatic N) is 1. The van der Waals surface area contributed by atoms with Crippen LogP contribution in [0.25, 0.3) is 21.8 Å². The van der Waals surface area contributed by atoms with Crippen LogP contribution < -0.4 is 10.2 Å². The molecule has 182 valence electrons. The summed E-state index contributed by atoms with van der Waals surface area (Å²) in [5, 5.41) is 25.8. The molecule has 0 bridgehead atoms. The van der Waals surface area contributed by atoms with Gasteiger partial charge in [-0.2, -0.15) is 0 Å². The first-order valence-electron chi connectivity index (χ1n) is 12.0. The van der Waals surface area contributed by atoms with Gasteiger partial charge < -0.3 is 24.8 Å². The number of carbonyl (C=O) groups is 3. The van der Waals surface area contributed by atoms with Gasteiger partial charge in [0.25, 0.3) is 11.8 Å². The number of fused-ring (bicyclic) bond motifs is 10. The van der Waals surface area contributed by atoms with Gasteiger partial charge in [0, 0.05) is 41.1 Å². The Labute approximate surface area is 205 Å². The number of imide groups is 1. The number of anilines is 1. The molecule has 1 saturated carbocycles. The summed E-state index contributed by atoms with van der Waals surface area (Å²) in [6.45, 7) is 1.27. The van der Waals surface area contributed by atoms with E-state index >= 15 is 0 Å². The number of para-hydroxylation sites is 1. The van der Waals surface area contributed by atoms with Crippen LogP contribution in [0.5, 0.6) is 0 Å². The van der Waals surface area contributed by atoms with E-state index in [1.807, 2.05) is 53.5 Å². The summed E-state index contributed by atoms with van der Waals surface area (Å²) >= 11 is 0. The van der Waals surface area contributed by atoms with Crippen molar-refractivity contribution >= 4 is 45.3 Å². The Morgan fingerprint density at radius 3 is 2.61 bits per heavy atom. The molecule has 2 amide bonds. The predicted octanol–water partition coefficient (Wildman–Crippen LogP) is 2.03. The summed E-state index contributed by atoms with van der Waals surface area (Å²) < 4.78 is 5.32. The van der Waals surface area contributed by atoms with E-state index in [1.54, 1.807) is 0 Å². The van der Waals surface area contributed by atoms with Crippen molar-refractivity contribution in [2.24, 2.45) is 0 Å². The lowest BCUT2D eigenvalue weighted by atomic mass is 9.86. The van der Waals surface area contributed by atoms with Crippen LogP contribution in [0.1, 0.15) is 45.5 Å². The number of hydrogen-bond acceptors (Lipinski definition) is 7. The number of allylic oxidation sites excluding steroid dienone is 2. The minimum absolute atomic E-state index is 0.214. The van der Waals surface area contributed by atoms with E-state index in [4.69, 9.17) is 4.74 Å². The van der Waals surface area contributed by atoms with Gasteiger partial charge in [0.05, 0.1) is 34.4 Å². The second-order valence-corrected chi connectivity index (χ2v) is 9.84. The number of nitrogens with one attached hydrogen (secondary N) is 2. The zero-order valence-electron chi connectivity index (χ0n) is 19.3. The highest BCUT2D eigenvalue weighted by molar-refractivity contribution is 6.33. The van der Waals surface area contributed by atoms with Crippen molar-refractivity contribution in [3.05, 3.63) is 65.3 Å². The van der Waals surface area contributed by atoms with Gasteiger partial charge in [-0.25, -0.2) is 0 Å². The van der Waals surface area contributed by atoms with E-state index in [-0.39, 0.29) is 18.4 Å². The van der Waals surface area contributed by atoms with Crippen molar-refractivity contribution in [2.45, 2.75) is 49.7 Å². The maximum absolute atomic E-state index is 13.2. The number of ether oxygens (including phenoxy) is 1. The highest BCUT2D eigenvalue weighted by atomic mass is 16.6. The Kier molecular flexibility index (Phi) is 4.32. The number of aliphatic hydroxyl groups is 2. The Balaban J connectivity index is 1.54.